The number of esters is 2. The number of ketones is 1. The first-order valence-electron chi connectivity index (χ1n) is 24.8. The largest absolute Gasteiger partial charge is 2.00 e. The summed E-state index contributed by atoms with van der Waals surface area (Å²) in [5.41, 5.74) is 5.67. The fourth-order valence-electron chi connectivity index (χ4n) is 10.6. The van der Waals surface area contributed by atoms with Crippen molar-refractivity contribution in [1.29, 1.82) is 0 Å². The molecule has 0 radical (unpaired) electrons. The number of hydrogen-bond donors (Lipinski definition) is 1. The summed E-state index contributed by atoms with van der Waals surface area (Å²) >= 11 is 0. The number of ether oxygens (including phenoxy) is 2. The predicted molar refractivity (Wildman–Crippen MR) is 265 cm³/mol. The Morgan fingerprint density at radius 1 is 0.742 bits per heavy atom. The van der Waals surface area contributed by atoms with Crippen molar-refractivity contribution in [2.75, 3.05) is 13.7 Å². The first-order chi connectivity index (χ1) is 30.9. The number of methoxy groups -OCH3 is 1. The number of rotatable bonds is 21. The van der Waals surface area contributed by atoms with E-state index < -0.39 is 23.3 Å². The van der Waals surface area contributed by atoms with Gasteiger partial charge in [0.1, 0.15) is 0 Å². The Morgan fingerprint density at radius 3 is 1.91 bits per heavy atom. The van der Waals surface area contributed by atoms with Gasteiger partial charge in [-0.25, -0.2) is 4.79 Å². The van der Waals surface area contributed by atoms with Crippen molar-refractivity contribution in [3.8, 4) is 0 Å². The molecule has 356 valence electrons. The van der Waals surface area contributed by atoms with Gasteiger partial charge in [0.2, 0.25) is 11.4 Å². The molecule has 6 atom stereocenters. The second-order valence-electron chi connectivity index (χ2n) is 20.2. The van der Waals surface area contributed by atoms with Crippen LogP contribution in [0.3, 0.4) is 0 Å². The molecule has 0 saturated carbocycles. The maximum Gasteiger partial charge on any atom is 2.00 e. The van der Waals surface area contributed by atoms with Crippen LogP contribution in [0.25, 0.3) is 29.1 Å². The minimum absolute atomic E-state index is 0. The molecule has 2 aliphatic heterocycles. The van der Waals surface area contributed by atoms with Crippen LogP contribution in [0.15, 0.2) is 11.4 Å². The van der Waals surface area contributed by atoms with Gasteiger partial charge in [0.25, 0.3) is 0 Å². The Balaban J connectivity index is 0.00000817. The van der Waals surface area contributed by atoms with Crippen molar-refractivity contribution in [3.63, 3.8) is 0 Å². The molecule has 11 heteroatoms. The molecule has 6 rings (SSSR count). The number of carbonyl (C=O) groups is 3. The zero-order valence-corrected chi connectivity index (χ0v) is 43.7. The van der Waals surface area contributed by atoms with Crippen LogP contribution in [-0.4, -0.2) is 65.2 Å². The molecule has 1 fully saturated rings. The average molecular weight is 914 g/mol. The normalized spacial score (nSPS) is 22.9. The van der Waals surface area contributed by atoms with Crippen molar-refractivity contribution < 1.29 is 29.0 Å². The molecule has 0 amide bonds. The minimum Gasteiger partial charge on any atom is -0.664 e. The van der Waals surface area contributed by atoms with E-state index in [0.29, 0.717) is 41.6 Å². The van der Waals surface area contributed by atoms with Crippen LogP contribution >= 0.6 is 0 Å². The van der Waals surface area contributed by atoms with Gasteiger partial charge in [0.15, 0.2) is 0 Å². The quantitative estimate of drug-likeness (QED) is 0.0628. The van der Waals surface area contributed by atoms with Crippen LogP contribution in [0.2, 0.25) is 0 Å². The van der Waals surface area contributed by atoms with E-state index in [-0.39, 0.29) is 58.2 Å². The van der Waals surface area contributed by atoms with Crippen LogP contribution in [-0.2, 0) is 31.9 Å². The van der Waals surface area contributed by atoms with Gasteiger partial charge in [-0.15, -0.1) is 39.2 Å². The number of fused-ring (bicyclic) bond motifs is 7. The predicted octanol–water partition coefficient (Wildman–Crippen LogP) is 9.48. The molecular weight excluding hydrogens is 837 g/mol. The molecule has 0 aromatic carbocycles. The van der Waals surface area contributed by atoms with E-state index in [1.165, 1.54) is 51.4 Å². The third-order valence-electron chi connectivity index (χ3n) is 14.9. The molecule has 5 heterocycles. The van der Waals surface area contributed by atoms with Gasteiger partial charge >= 0.3 is 35.0 Å². The second kappa shape index (κ2) is 23.0. The number of allylic oxidation sites excluding steroid dienone is 2. The monoisotopic (exact) mass is 913 g/mol. The van der Waals surface area contributed by atoms with Crippen molar-refractivity contribution in [1.82, 2.24) is 15.0 Å². The van der Waals surface area contributed by atoms with Gasteiger partial charge < -0.3 is 34.8 Å². The van der Waals surface area contributed by atoms with Crippen molar-refractivity contribution >= 4 is 64.6 Å². The molecule has 0 spiro atoms. The maximum absolute atomic E-state index is 14.5. The van der Waals surface area contributed by atoms with Gasteiger partial charge in [-0.1, -0.05) is 159 Å². The number of Topliss-reactive ketones (excluding diaryl/α,β-unsaturated/α-hetero) is 1. The summed E-state index contributed by atoms with van der Waals surface area (Å²) in [4.78, 5) is 56.8. The van der Waals surface area contributed by atoms with E-state index in [2.05, 4.69) is 68.4 Å². The Kier molecular flexibility index (Phi) is 18.5. The van der Waals surface area contributed by atoms with Crippen LogP contribution in [0, 0.1) is 56.3 Å². The Hall–Kier alpha value is -3.80. The van der Waals surface area contributed by atoms with Gasteiger partial charge in [-0.3, -0.25) is 9.59 Å². The summed E-state index contributed by atoms with van der Waals surface area (Å²) in [5.74, 6) is -0.166. The molecule has 3 aliphatic rings. The van der Waals surface area contributed by atoms with E-state index in [1.54, 1.807) is 6.92 Å². The standard InChI is InChI=1S/C55H77N4O6.Mg/c1-13-39-35(8)42-28-44-37(10)41(24-25-48(60)65-27-26-34(7)23-17-22-33(6)21-16-20-32(5)19-15-18-31(3)4)51(58-44)50-52-49(53(61)55(50,63)54(62)64-12)38(11)45(59-52)30-47-40(14-2)36(9)43(57-47)29-46(39)56-42;/h28-34,37,41,63H,13-27H2,1-12H3,(H-,58,59,61);/q-3;+2/p-1/b43-29-,44-28-,47-30-;/t32-,33-,34?,37+,41+,55+;/m1./s1. The number of aliphatic hydroxyl groups is 1. The van der Waals surface area contributed by atoms with E-state index in [9.17, 15) is 19.5 Å². The summed E-state index contributed by atoms with van der Waals surface area (Å²) in [6.07, 6.45) is 20.1. The number of carbonyl (C=O) groups excluding carboxylic acids is 3. The van der Waals surface area contributed by atoms with Gasteiger partial charge in [-0.05, 0) is 87.5 Å². The summed E-state index contributed by atoms with van der Waals surface area (Å²) < 4.78 is 11.0. The maximum atomic E-state index is 14.5. The summed E-state index contributed by atoms with van der Waals surface area (Å²) in [6.45, 7) is 24.2. The molecule has 1 aliphatic carbocycles. The second-order valence-corrected chi connectivity index (χ2v) is 20.2. The summed E-state index contributed by atoms with van der Waals surface area (Å²) in [6, 6.07) is 0. The average Bonchev–Trinajstić information content (AvgIpc) is 3.99. The number of aromatic nitrogens is 3. The van der Waals surface area contributed by atoms with Crippen LogP contribution in [0.5, 0.6) is 0 Å². The Labute approximate surface area is 410 Å². The minimum atomic E-state index is -2.67. The van der Waals surface area contributed by atoms with Crippen LogP contribution < -0.4 is 25.7 Å². The van der Waals surface area contributed by atoms with Crippen LogP contribution in [0.1, 0.15) is 193 Å². The molecule has 10 nitrogen and oxygen atoms in total. The van der Waals surface area contributed by atoms with Crippen molar-refractivity contribution in [2.24, 2.45) is 35.5 Å². The van der Waals surface area contributed by atoms with Gasteiger partial charge in [0, 0.05) is 12.0 Å². The van der Waals surface area contributed by atoms with Gasteiger partial charge in [-0.2, -0.15) is 5.70 Å². The number of hydrogen-bond acceptors (Lipinski definition) is 6. The molecule has 66 heavy (non-hydrogen) atoms. The summed E-state index contributed by atoms with van der Waals surface area (Å²) in [5, 5.41) is 19.1. The van der Waals surface area contributed by atoms with E-state index >= 15 is 0 Å². The summed E-state index contributed by atoms with van der Waals surface area (Å²) in [7, 11) is 1.15. The third kappa shape index (κ3) is 11.2. The van der Waals surface area contributed by atoms with Crippen molar-refractivity contribution in [3.05, 3.63) is 83.6 Å². The van der Waals surface area contributed by atoms with Crippen LogP contribution in [0.4, 0.5) is 0 Å². The molecule has 3 aromatic rings. The molecule has 1 saturated heterocycles. The molecule has 3 aromatic heterocycles. The topological polar surface area (TPSA) is 146 Å². The Bertz CT molecular complexity index is 2410. The molecular formula is C55H76MgN4O6-2. The van der Waals surface area contributed by atoms with E-state index in [4.69, 9.17) is 29.7 Å². The molecule has 1 unspecified atom stereocenters. The molecule has 8 bridgehead atoms. The first-order valence-corrected chi connectivity index (χ1v) is 24.8. The molecule has 1 N–H and O–H groups in total. The number of nitrogens with zero attached hydrogens (tertiary/aromatic N) is 4. The Morgan fingerprint density at radius 2 is 1.32 bits per heavy atom. The zero-order chi connectivity index (χ0) is 47.3. The fraction of sp³-hybridized carbons (Fsp3) is 0.618. The van der Waals surface area contributed by atoms with Crippen molar-refractivity contribution in [2.45, 2.75) is 172 Å². The smallest absolute Gasteiger partial charge is 0.664 e. The fourth-order valence-corrected chi connectivity index (χ4v) is 10.6. The van der Waals surface area contributed by atoms with E-state index in [1.807, 2.05) is 19.1 Å². The first kappa shape index (κ1) is 53.2. The zero-order valence-electron chi connectivity index (χ0n) is 42.3. The van der Waals surface area contributed by atoms with Gasteiger partial charge in [0.05, 0.1) is 13.7 Å². The third-order valence-corrected chi connectivity index (χ3v) is 14.9. The SMILES string of the molecule is CCc1c2[n-]c(c1C)/C=C1\[N-]/C(=C3\c4[n-]c(c(C)c4C(=O)[C@]3(O)C(=O)OC)/C=c3\[n-]/c(c(C)c3CC)=C\2)[C@@H](CCC(=O)OCCC(C)CCC[C@H](C)CCC[C@H](C)CCCC(C)C)[C@@H]1C.[Mg+2]. The van der Waals surface area contributed by atoms with E-state index in [0.717, 1.165) is 94.9 Å².